The molecule has 0 fully saturated rings. The molecule has 0 spiro atoms. The summed E-state index contributed by atoms with van der Waals surface area (Å²) in [5.41, 5.74) is 1.87. The zero-order valence-electron chi connectivity index (χ0n) is 20.2. The summed E-state index contributed by atoms with van der Waals surface area (Å²) in [5.74, 6) is -0.599. The summed E-state index contributed by atoms with van der Waals surface area (Å²) in [7, 11) is 2.60. The van der Waals surface area contributed by atoms with E-state index in [0.29, 0.717) is 27.9 Å². The van der Waals surface area contributed by atoms with Gasteiger partial charge in [0.2, 0.25) is 0 Å². The molecule has 6 nitrogen and oxygen atoms in total. The number of hydrogen-bond acceptors (Lipinski definition) is 6. The van der Waals surface area contributed by atoms with Gasteiger partial charge in [-0.25, -0.2) is 9.97 Å². The summed E-state index contributed by atoms with van der Waals surface area (Å²) in [5, 5.41) is 3.45. The quantitative estimate of drug-likeness (QED) is 0.229. The number of hydrogen-bond donors (Lipinski definition) is 1. The normalized spacial score (nSPS) is 13.3. The van der Waals surface area contributed by atoms with Gasteiger partial charge in [-0.1, -0.05) is 12.2 Å². The zero-order valence-corrected chi connectivity index (χ0v) is 20.2. The van der Waals surface area contributed by atoms with Gasteiger partial charge < -0.3 is 14.8 Å². The van der Waals surface area contributed by atoms with E-state index in [2.05, 4.69) is 15.3 Å². The molecule has 0 saturated carbocycles. The van der Waals surface area contributed by atoms with Crippen LogP contribution in [0.3, 0.4) is 0 Å². The van der Waals surface area contributed by atoms with Crippen LogP contribution in [0.5, 0.6) is 0 Å². The topological polar surface area (TPSA) is 73.3 Å². The van der Waals surface area contributed by atoms with Gasteiger partial charge in [0.05, 0.1) is 37.9 Å². The molecule has 2 rings (SSSR count). The van der Waals surface area contributed by atoms with Crippen LogP contribution in [0, 0.1) is 0 Å². The Bertz CT molecular complexity index is 1140. The number of pyridine rings is 2. The summed E-state index contributed by atoms with van der Waals surface area (Å²) in [4.78, 5) is 20.8. The summed E-state index contributed by atoms with van der Waals surface area (Å²) in [6.07, 6.45) is -8.94. The number of alkyl halides is 6. The van der Waals surface area contributed by atoms with Crippen LogP contribution in [-0.4, -0.2) is 42.5 Å². The summed E-state index contributed by atoms with van der Waals surface area (Å²) >= 11 is 0. The molecule has 0 aliphatic carbocycles. The predicted octanol–water partition coefficient (Wildman–Crippen LogP) is 6.20. The van der Waals surface area contributed by atoms with Gasteiger partial charge in [-0.2, -0.15) is 26.3 Å². The third-order valence-corrected chi connectivity index (χ3v) is 5.20. The van der Waals surface area contributed by atoms with Crippen molar-refractivity contribution in [3.8, 4) is 0 Å². The van der Waals surface area contributed by atoms with Crippen molar-refractivity contribution in [1.29, 1.82) is 0 Å². The average molecular weight is 519 g/mol. The number of aryl methyl sites for hydroxylation is 1. The van der Waals surface area contributed by atoms with Crippen LogP contribution in [0.25, 0.3) is 11.0 Å². The molecule has 2 aromatic rings. The highest BCUT2D eigenvalue weighted by molar-refractivity contribution is 5.94. The highest BCUT2D eigenvalue weighted by atomic mass is 19.4. The van der Waals surface area contributed by atoms with Crippen molar-refractivity contribution in [2.75, 3.05) is 19.5 Å². The van der Waals surface area contributed by atoms with E-state index < -0.39 is 31.2 Å². The van der Waals surface area contributed by atoms with E-state index in [1.807, 2.05) is 0 Å². The SMILES string of the molecule is C/C=C(Nc1c(CC(=O)OC)c(COC)nc2nc(CCC(F)(F)F)ccc12)\C(C)=C/CC(F)(F)F. The summed E-state index contributed by atoms with van der Waals surface area (Å²) in [6, 6.07) is 2.93. The molecule has 0 bridgehead atoms. The molecular weight excluding hydrogens is 492 g/mol. The van der Waals surface area contributed by atoms with Gasteiger partial charge >= 0.3 is 18.3 Å². The molecule has 36 heavy (non-hydrogen) atoms. The number of nitrogens with zero attached hydrogens (tertiary/aromatic N) is 2. The lowest BCUT2D eigenvalue weighted by atomic mass is 10.0. The van der Waals surface area contributed by atoms with Crippen molar-refractivity contribution in [3.05, 3.63) is 52.5 Å². The van der Waals surface area contributed by atoms with E-state index in [1.165, 1.54) is 33.3 Å². The number of allylic oxidation sites excluding steroid dienone is 3. The number of esters is 1. The second-order valence-corrected chi connectivity index (χ2v) is 7.92. The number of nitrogens with one attached hydrogen (secondary N) is 1. The number of carbonyl (C=O) groups excluding carboxylic acids is 1. The van der Waals surface area contributed by atoms with Gasteiger partial charge in [0.1, 0.15) is 0 Å². The van der Waals surface area contributed by atoms with E-state index in [-0.39, 0.29) is 36.5 Å². The van der Waals surface area contributed by atoms with Gasteiger partial charge in [-0.15, -0.1) is 0 Å². The van der Waals surface area contributed by atoms with Crippen LogP contribution >= 0.6 is 0 Å². The summed E-state index contributed by atoms with van der Waals surface area (Å²) < 4.78 is 86.3. The van der Waals surface area contributed by atoms with Crippen molar-refractivity contribution in [2.24, 2.45) is 0 Å². The van der Waals surface area contributed by atoms with Gasteiger partial charge in [-0.05, 0) is 38.0 Å². The van der Waals surface area contributed by atoms with E-state index in [9.17, 15) is 31.1 Å². The minimum absolute atomic E-state index is 0.0561. The van der Waals surface area contributed by atoms with Crippen LogP contribution in [0.2, 0.25) is 0 Å². The lowest BCUT2D eigenvalue weighted by molar-refractivity contribution is -0.140. The number of anilines is 1. The molecule has 0 aliphatic rings. The maximum atomic E-state index is 12.7. The fourth-order valence-corrected chi connectivity index (χ4v) is 3.40. The first-order chi connectivity index (χ1) is 16.8. The van der Waals surface area contributed by atoms with Gasteiger partial charge in [0.15, 0.2) is 5.65 Å². The molecule has 2 heterocycles. The standard InChI is InChI=1S/C24H27F6N3O3/c1-5-18(14(2)8-10-23(25,26)27)32-21-16-7-6-15(9-11-24(28,29)30)31-22(16)33-19(13-35-3)17(21)12-20(34)36-4/h5-8H,9-13H2,1-4H3,(H,31,32,33)/b14-8-,18-5+. The van der Waals surface area contributed by atoms with Crippen LogP contribution in [-0.2, 0) is 33.7 Å². The summed E-state index contributed by atoms with van der Waals surface area (Å²) in [6.45, 7) is 3.07. The number of fused-ring (bicyclic) bond motifs is 1. The van der Waals surface area contributed by atoms with Gasteiger partial charge in [0.25, 0.3) is 0 Å². The third kappa shape index (κ3) is 8.51. The monoisotopic (exact) mass is 519 g/mol. The highest BCUT2D eigenvalue weighted by Gasteiger charge is 2.28. The van der Waals surface area contributed by atoms with Crippen LogP contribution in [0.15, 0.2) is 35.6 Å². The number of carbonyl (C=O) groups is 1. The van der Waals surface area contributed by atoms with Crippen LogP contribution in [0.1, 0.15) is 43.6 Å². The molecule has 0 amide bonds. The fraction of sp³-hybridized carbons (Fsp3) is 0.458. The number of aromatic nitrogens is 2. The van der Waals surface area contributed by atoms with Crippen LogP contribution in [0.4, 0.5) is 32.0 Å². The zero-order chi connectivity index (χ0) is 27.1. The Labute approximate surface area is 204 Å². The van der Waals surface area contributed by atoms with Crippen LogP contribution < -0.4 is 5.32 Å². The lowest BCUT2D eigenvalue weighted by Gasteiger charge is -2.20. The Morgan fingerprint density at radius 3 is 2.33 bits per heavy atom. The number of ether oxygens (including phenoxy) is 2. The first kappa shape index (κ1) is 29.1. The van der Waals surface area contributed by atoms with Crippen molar-refractivity contribution in [1.82, 2.24) is 9.97 Å². The molecule has 0 unspecified atom stereocenters. The maximum Gasteiger partial charge on any atom is 0.392 e. The molecule has 0 atom stereocenters. The Morgan fingerprint density at radius 2 is 1.78 bits per heavy atom. The first-order valence-electron chi connectivity index (χ1n) is 10.9. The van der Waals surface area contributed by atoms with Crippen molar-refractivity contribution in [2.45, 2.75) is 58.5 Å². The number of methoxy groups -OCH3 is 2. The molecule has 0 radical (unpaired) electrons. The molecule has 198 valence electrons. The van der Waals surface area contributed by atoms with E-state index in [1.54, 1.807) is 13.0 Å². The Kier molecular flexibility index (Phi) is 9.85. The Hall–Kier alpha value is -3.15. The largest absolute Gasteiger partial charge is 0.469 e. The molecule has 2 aromatic heterocycles. The van der Waals surface area contributed by atoms with Crippen molar-refractivity contribution < 1.29 is 40.6 Å². The Morgan fingerprint density at radius 1 is 1.08 bits per heavy atom. The molecular formula is C24H27F6N3O3. The molecule has 0 saturated heterocycles. The third-order valence-electron chi connectivity index (χ3n) is 5.20. The van der Waals surface area contributed by atoms with Gasteiger partial charge in [0, 0.05) is 35.9 Å². The average Bonchev–Trinajstić information content (AvgIpc) is 2.79. The van der Waals surface area contributed by atoms with Gasteiger partial charge in [-0.3, -0.25) is 4.79 Å². The molecule has 0 aliphatic heterocycles. The first-order valence-corrected chi connectivity index (χ1v) is 10.9. The van der Waals surface area contributed by atoms with Crippen molar-refractivity contribution >= 4 is 22.7 Å². The second kappa shape index (κ2) is 12.2. The second-order valence-electron chi connectivity index (χ2n) is 7.92. The molecule has 12 heteroatoms. The maximum absolute atomic E-state index is 12.7. The lowest BCUT2D eigenvalue weighted by Crippen LogP contribution is -2.15. The number of rotatable bonds is 10. The van der Waals surface area contributed by atoms with E-state index in [0.717, 1.165) is 6.08 Å². The Balaban J connectivity index is 2.67. The predicted molar refractivity (Wildman–Crippen MR) is 122 cm³/mol. The number of halogens is 6. The van der Waals surface area contributed by atoms with Crippen molar-refractivity contribution in [3.63, 3.8) is 0 Å². The van der Waals surface area contributed by atoms with E-state index >= 15 is 0 Å². The minimum atomic E-state index is -4.39. The van der Waals surface area contributed by atoms with E-state index in [4.69, 9.17) is 9.47 Å². The minimum Gasteiger partial charge on any atom is -0.469 e. The highest BCUT2D eigenvalue weighted by Crippen LogP contribution is 2.33. The smallest absolute Gasteiger partial charge is 0.392 e. The molecule has 0 aromatic carbocycles. The fourth-order valence-electron chi connectivity index (χ4n) is 3.40. The molecule has 1 N–H and O–H groups in total.